The van der Waals surface area contributed by atoms with Crippen LogP contribution in [0.25, 0.3) is 21.9 Å². The molecule has 23 heavy (non-hydrogen) atoms. The summed E-state index contributed by atoms with van der Waals surface area (Å²) < 4.78 is 13.0. The molecule has 0 aliphatic rings. The van der Waals surface area contributed by atoms with Crippen LogP contribution in [0.5, 0.6) is 17.2 Å². The van der Waals surface area contributed by atoms with E-state index in [1.165, 1.54) is 0 Å². The van der Waals surface area contributed by atoms with E-state index in [4.69, 9.17) is 9.15 Å². The molecule has 114 valence electrons. The van der Waals surface area contributed by atoms with Crippen molar-refractivity contribution >= 4 is 53.8 Å². The summed E-state index contributed by atoms with van der Waals surface area (Å²) in [7, 11) is 0. The average molecular weight is 434 g/mol. The van der Waals surface area contributed by atoms with Crippen LogP contribution in [0.15, 0.2) is 68.0 Å². The fraction of sp³-hybridized carbons (Fsp3) is 0. The average Bonchev–Trinajstić information content (AvgIpc) is 2.92. The lowest BCUT2D eigenvalue weighted by atomic mass is 10.1. The maximum atomic E-state index is 9.81. The number of halogens is 2. The molecule has 1 heterocycles. The van der Waals surface area contributed by atoms with Gasteiger partial charge in [-0.3, -0.25) is 0 Å². The zero-order chi connectivity index (χ0) is 16.0. The van der Waals surface area contributed by atoms with E-state index in [1.54, 1.807) is 12.1 Å². The maximum Gasteiger partial charge on any atom is 0.144 e. The first-order valence-electron chi connectivity index (χ1n) is 6.89. The van der Waals surface area contributed by atoms with Gasteiger partial charge in [0.2, 0.25) is 0 Å². The van der Waals surface area contributed by atoms with E-state index in [9.17, 15) is 5.11 Å². The van der Waals surface area contributed by atoms with Gasteiger partial charge in [0.25, 0.3) is 0 Å². The number of para-hydroxylation sites is 1. The van der Waals surface area contributed by atoms with E-state index in [2.05, 4.69) is 31.9 Å². The Labute approximate surface area is 148 Å². The van der Waals surface area contributed by atoms with Crippen LogP contribution in [0.3, 0.4) is 0 Å². The van der Waals surface area contributed by atoms with Gasteiger partial charge in [0.15, 0.2) is 0 Å². The second kappa shape index (κ2) is 5.58. The molecule has 0 radical (unpaired) electrons. The molecule has 5 heteroatoms. The second-order valence-corrected chi connectivity index (χ2v) is 6.77. The van der Waals surface area contributed by atoms with Crippen LogP contribution in [-0.4, -0.2) is 5.11 Å². The number of ether oxygens (including phenoxy) is 1. The Balaban J connectivity index is 1.89. The molecule has 1 aromatic heterocycles. The first-order chi connectivity index (χ1) is 11.1. The molecule has 3 aromatic carbocycles. The maximum absolute atomic E-state index is 9.81. The molecule has 0 spiro atoms. The number of phenols is 1. The Morgan fingerprint density at radius 3 is 2.35 bits per heavy atom. The summed E-state index contributed by atoms with van der Waals surface area (Å²) in [5, 5.41) is 11.8. The predicted octanol–water partition coefficient (Wildman–Crippen LogP) is 6.61. The van der Waals surface area contributed by atoms with E-state index in [1.807, 2.05) is 42.5 Å². The standard InChI is InChI=1S/C18H10Br2O3/c19-12-8-10(9-13(20)18(12)21)22-15-6-3-7-16-17(15)11-4-1-2-5-14(11)23-16/h1-9,21H. The van der Waals surface area contributed by atoms with E-state index >= 15 is 0 Å². The van der Waals surface area contributed by atoms with Gasteiger partial charge in [-0.25, -0.2) is 0 Å². The molecular formula is C18H10Br2O3. The molecule has 0 saturated carbocycles. The van der Waals surface area contributed by atoms with E-state index < -0.39 is 0 Å². The number of fused-ring (bicyclic) bond motifs is 3. The van der Waals surface area contributed by atoms with Crippen LogP contribution >= 0.6 is 31.9 Å². The predicted molar refractivity (Wildman–Crippen MR) is 97.3 cm³/mol. The smallest absolute Gasteiger partial charge is 0.144 e. The minimum Gasteiger partial charge on any atom is -0.506 e. The number of aromatic hydroxyl groups is 1. The van der Waals surface area contributed by atoms with Gasteiger partial charge in [0.1, 0.15) is 28.4 Å². The molecule has 0 fully saturated rings. The Hall–Kier alpha value is -1.98. The van der Waals surface area contributed by atoms with Crippen LogP contribution in [0.4, 0.5) is 0 Å². The van der Waals surface area contributed by atoms with Crippen LogP contribution < -0.4 is 4.74 Å². The van der Waals surface area contributed by atoms with Crippen molar-refractivity contribution in [3.05, 3.63) is 63.5 Å². The highest BCUT2D eigenvalue weighted by molar-refractivity contribution is 9.11. The van der Waals surface area contributed by atoms with Crippen LogP contribution in [0, 0.1) is 0 Å². The highest BCUT2D eigenvalue weighted by atomic mass is 79.9. The molecule has 3 nitrogen and oxygen atoms in total. The summed E-state index contributed by atoms with van der Waals surface area (Å²) in [5.41, 5.74) is 1.60. The normalized spacial score (nSPS) is 11.2. The van der Waals surface area contributed by atoms with Crippen molar-refractivity contribution in [1.82, 2.24) is 0 Å². The lowest BCUT2D eigenvalue weighted by Gasteiger charge is -2.09. The van der Waals surface area contributed by atoms with Gasteiger partial charge in [-0.05, 0) is 62.2 Å². The van der Waals surface area contributed by atoms with Crippen molar-refractivity contribution in [2.75, 3.05) is 0 Å². The van der Waals surface area contributed by atoms with Gasteiger partial charge in [0, 0.05) is 5.39 Å². The molecule has 1 N–H and O–H groups in total. The van der Waals surface area contributed by atoms with E-state index in [0.29, 0.717) is 20.4 Å². The van der Waals surface area contributed by atoms with Gasteiger partial charge in [-0.1, -0.05) is 24.3 Å². The SMILES string of the molecule is Oc1c(Br)cc(Oc2cccc3oc4ccccc4c23)cc1Br. The molecular weight excluding hydrogens is 424 g/mol. The highest BCUT2D eigenvalue weighted by Crippen LogP contribution is 2.41. The fourth-order valence-corrected chi connectivity index (χ4v) is 3.70. The summed E-state index contributed by atoms with van der Waals surface area (Å²) in [5.74, 6) is 1.46. The van der Waals surface area contributed by atoms with Crippen molar-refractivity contribution in [3.8, 4) is 17.2 Å². The number of rotatable bonds is 2. The van der Waals surface area contributed by atoms with Gasteiger partial charge in [0.05, 0.1) is 14.3 Å². The largest absolute Gasteiger partial charge is 0.506 e. The topological polar surface area (TPSA) is 42.6 Å². The zero-order valence-electron chi connectivity index (χ0n) is 11.7. The van der Waals surface area contributed by atoms with Crippen molar-refractivity contribution in [2.24, 2.45) is 0 Å². The van der Waals surface area contributed by atoms with Crippen LogP contribution in [-0.2, 0) is 0 Å². The van der Waals surface area contributed by atoms with Crippen molar-refractivity contribution < 1.29 is 14.3 Å². The quantitative estimate of drug-likeness (QED) is 0.386. The van der Waals surface area contributed by atoms with Crippen molar-refractivity contribution in [2.45, 2.75) is 0 Å². The monoisotopic (exact) mass is 432 g/mol. The van der Waals surface area contributed by atoms with Gasteiger partial charge in [-0.15, -0.1) is 0 Å². The van der Waals surface area contributed by atoms with Crippen molar-refractivity contribution in [1.29, 1.82) is 0 Å². The van der Waals surface area contributed by atoms with E-state index in [0.717, 1.165) is 21.9 Å². The fourth-order valence-electron chi connectivity index (χ4n) is 2.56. The zero-order valence-corrected chi connectivity index (χ0v) is 14.9. The molecule has 0 amide bonds. The Morgan fingerprint density at radius 1 is 0.870 bits per heavy atom. The molecule has 4 aromatic rings. The third kappa shape index (κ3) is 2.50. The number of benzene rings is 3. The van der Waals surface area contributed by atoms with Gasteiger partial charge in [-0.2, -0.15) is 0 Å². The first-order valence-corrected chi connectivity index (χ1v) is 8.48. The minimum absolute atomic E-state index is 0.143. The number of phenolic OH excluding ortho intramolecular Hbond substituents is 1. The minimum atomic E-state index is 0.143. The molecule has 4 rings (SSSR count). The Kier molecular flexibility index (Phi) is 3.54. The molecule has 0 bridgehead atoms. The summed E-state index contributed by atoms with van der Waals surface area (Å²) >= 11 is 6.63. The first kappa shape index (κ1) is 14.6. The van der Waals surface area contributed by atoms with E-state index in [-0.39, 0.29) is 5.75 Å². The molecule has 0 aliphatic heterocycles. The Morgan fingerprint density at radius 2 is 1.57 bits per heavy atom. The molecule has 0 unspecified atom stereocenters. The summed E-state index contributed by atoms with van der Waals surface area (Å²) in [6.07, 6.45) is 0. The highest BCUT2D eigenvalue weighted by Gasteiger charge is 2.13. The second-order valence-electron chi connectivity index (χ2n) is 5.07. The lowest BCUT2D eigenvalue weighted by molar-refractivity contribution is 0.459. The lowest BCUT2D eigenvalue weighted by Crippen LogP contribution is -1.86. The number of hydrogen-bond donors (Lipinski definition) is 1. The summed E-state index contributed by atoms with van der Waals surface area (Å²) in [4.78, 5) is 0. The van der Waals surface area contributed by atoms with Crippen LogP contribution in [0.2, 0.25) is 0 Å². The third-order valence-corrected chi connectivity index (χ3v) is 4.79. The third-order valence-electron chi connectivity index (χ3n) is 3.58. The summed E-state index contributed by atoms with van der Waals surface area (Å²) in [6.45, 7) is 0. The summed E-state index contributed by atoms with van der Waals surface area (Å²) in [6, 6.07) is 17.0. The molecule has 0 aliphatic carbocycles. The number of hydrogen-bond acceptors (Lipinski definition) is 3. The molecule has 0 saturated heterocycles. The van der Waals surface area contributed by atoms with Gasteiger partial charge < -0.3 is 14.3 Å². The number of furan rings is 1. The van der Waals surface area contributed by atoms with Crippen LogP contribution in [0.1, 0.15) is 0 Å². The Bertz CT molecular complexity index is 1010. The molecule has 0 atom stereocenters. The van der Waals surface area contributed by atoms with Gasteiger partial charge >= 0.3 is 0 Å². The van der Waals surface area contributed by atoms with Crippen molar-refractivity contribution in [3.63, 3.8) is 0 Å².